The normalized spacial score (nSPS) is 18.4. The van der Waals surface area contributed by atoms with E-state index < -0.39 is 36.7 Å². The van der Waals surface area contributed by atoms with Crippen LogP contribution in [0.2, 0.25) is 0 Å². The Balaban J connectivity index is 1.82. The van der Waals surface area contributed by atoms with Crippen LogP contribution in [-0.4, -0.2) is 71.1 Å². The Kier molecular flexibility index (Phi) is 7.55. The number of hydrogen-bond donors (Lipinski definition) is 1. The van der Waals surface area contributed by atoms with E-state index in [1.807, 2.05) is 6.07 Å². The number of amides is 1. The minimum atomic E-state index is -4.60. The van der Waals surface area contributed by atoms with Crippen LogP contribution in [0.5, 0.6) is 17.5 Å². The Morgan fingerprint density at radius 3 is 2.70 bits per heavy atom. The summed E-state index contributed by atoms with van der Waals surface area (Å²) in [5.74, 6) is -0.882. The average Bonchev–Trinajstić information content (AvgIpc) is 2.81. The fourth-order valence-electron chi connectivity index (χ4n) is 3.46. The number of pyridine rings is 2. The minimum Gasteiger partial charge on any atom is -0.490 e. The van der Waals surface area contributed by atoms with Crippen molar-refractivity contribution >= 4 is 5.91 Å². The average molecular weight is 466 g/mol. The van der Waals surface area contributed by atoms with Gasteiger partial charge in [0.2, 0.25) is 5.88 Å². The number of alkyl halides is 3. The van der Waals surface area contributed by atoms with Crippen molar-refractivity contribution in [3.05, 3.63) is 41.7 Å². The first-order chi connectivity index (χ1) is 15.8. The third kappa shape index (κ3) is 5.81. The van der Waals surface area contributed by atoms with Gasteiger partial charge in [-0.25, -0.2) is 9.97 Å². The van der Waals surface area contributed by atoms with Crippen molar-refractivity contribution in [1.29, 1.82) is 5.26 Å². The Labute approximate surface area is 187 Å². The molecule has 9 nitrogen and oxygen atoms in total. The van der Waals surface area contributed by atoms with Crippen LogP contribution in [0.15, 0.2) is 30.6 Å². The molecule has 1 amide bonds. The topological polar surface area (TPSA) is 118 Å². The van der Waals surface area contributed by atoms with Crippen molar-refractivity contribution in [2.24, 2.45) is 0 Å². The molecule has 0 aliphatic carbocycles. The van der Waals surface area contributed by atoms with Gasteiger partial charge >= 0.3 is 6.18 Å². The fraction of sp³-hybridized carbons (Fsp3) is 0.429. The number of methoxy groups -OCH3 is 1. The highest BCUT2D eigenvalue weighted by Crippen LogP contribution is 2.31. The molecule has 3 heterocycles. The summed E-state index contributed by atoms with van der Waals surface area (Å²) in [5.41, 5.74) is 0.0596. The van der Waals surface area contributed by atoms with Gasteiger partial charge in [-0.1, -0.05) is 0 Å². The van der Waals surface area contributed by atoms with Crippen molar-refractivity contribution in [1.82, 2.24) is 14.9 Å². The second-order valence-corrected chi connectivity index (χ2v) is 7.18. The zero-order valence-corrected chi connectivity index (χ0v) is 17.6. The number of nitrogens with zero attached hydrogens (tertiary/aromatic N) is 4. The zero-order chi connectivity index (χ0) is 24.0. The van der Waals surface area contributed by atoms with Crippen molar-refractivity contribution < 1.29 is 37.3 Å². The molecule has 1 saturated heterocycles. The third-order valence-electron chi connectivity index (χ3n) is 4.98. The summed E-state index contributed by atoms with van der Waals surface area (Å²) in [6, 6.07) is 5.58. The number of halogens is 3. The summed E-state index contributed by atoms with van der Waals surface area (Å²) >= 11 is 0. The molecule has 176 valence electrons. The van der Waals surface area contributed by atoms with E-state index in [4.69, 9.17) is 14.2 Å². The predicted octanol–water partition coefficient (Wildman–Crippen LogP) is 2.34. The van der Waals surface area contributed by atoms with E-state index >= 15 is 0 Å². The van der Waals surface area contributed by atoms with E-state index in [1.165, 1.54) is 42.6 Å². The Morgan fingerprint density at radius 1 is 1.27 bits per heavy atom. The molecule has 1 unspecified atom stereocenters. The number of nitriles is 1. The molecule has 2 aromatic heterocycles. The molecule has 3 rings (SSSR count). The van der Waals surface area contributed by atoms with E-state index in [9.17, 15) is 28.3 Å². The van der Waals surface area contributed by atoms with Gasteiger partial charge in [-0.15, -0.1) is 0 Å². The summed E-state index contributed by atoms with van der Waals surface area (Å²) < 4.78 is 53.6. The summed E-state index contributed by atoms with van der Waals surface area (Å²) in [7, 11) is 1.37. The van der Waals surface area contributed by atoms with Gasteiger partial charge in [0.1, 0.15) is 23.3 Å². The number of rotatable bonds is 7. The number of likely N-dealkylation sites (tertiary alicyclic amines) is 1. The van der Waals surface area contributed by atoms with Crippen molar-refractivity contribution in [3.8, 4) is 23.6 Å². The molecule has 33 heavy (non-hydrogen) atoms. The summed E-state index contributed by atoms with van der Waals surface area (Å²) in [4.78, 5) is 22.4. The third-order valence-corrected chi connectivity index (χ3v) is 4.98. The van der Waals surface area contributed by atoms with E-state index in [0.29, 0.717) is 12.8 Å². The van der Waals surface area contributed by atoms with Crippen LogP contribution < -0.4 is 14.2 Å². The second kappa shape index (κ2) is 10.4. The molecule has 0 aromatic carbocycles. The van der Waals surface area contributed by atoms with Gasteiger partial charge in [-0.3, -0.25) is 4.79 Å². The predicted molar refractivity (Wildman–Crippen MR) is 107 cm³/mol. The maximum Gasteiger partial charge on any atom is 0.422 e. The van der Waals surface area contributed by atoms with Crippen LogP contribution in [0.4, 0.5) is 13.2 Å². The number of carbonyl (C=O) groups excluding carboxylic acids is 1. The lowest BCUT2D eigenvalue weighted by Crippen LogP contribution is -2.51. The van der Waals surface area contributed by atoms with E-state index in [-0.39, 0.29) is 35.9 Å². The molecule has 0 spiro atoms. The van der Waals surface area contributed by atoms with Gasteiger partial charge in [0.25, 0.3) is 11.8 Å². The van der Waals surface area contributed by atoms with Crippen LogP contribution in [0.25, 0.3) is 0 Å². The summed E-state index contributed by atoms with van der Waals surface area (Å²) in [6.45, 7) is -1.93. The minimum absolute atomic E-state index is 0.0132. The molecular weight excluding hydrogens is 445 g/mol. The molecule has 1 aliphatic heterocycles. The highest BCUT2D eigenvalue weighted by Gasteiger charge is 2.36. The Bertz CT molecular complexity index is 1030. The zero-order valence-electron chi connectivity index (χ0n) is 17.6. The highest BCUT2D eigenvalue weighted by molar-refractivity contribution is 5.96. The first-order valence-corrected chi connectivity index (χ1v) is 9.93. The lowest BCUT2D eigenvalue weighted by molar-refractivity contribution is -0.154. The van der Waals surface area contributed by atoms with Crippen molar-refractivity contribution in [3.63, 3.8) is 0 Å². The SMILES string of the molecule is COc1c(C#N)ccnc1OC1CC[C@@H](CO)N(C(=O)c2cccnc2OCC(F)(F)F)C1. The standard InChI is InChI=1S/C21H21F3N4O5/c1-31-17-13(9-25)6-8-27-19(17)33-15-5-4-14(11-29)28(10-15)20(30)16-3-2-7-26-18(16)32-12-21(22,23)24/h2-3,6-8,14-15,29H,4-5,10-12H2,1H3/t14-,15?/m0/s1. The summed E-state index contributed by atoms with van der Waals surface area (Å²) in [6.07, 6.45) is -1.73. The maximum absolute atomic E-state index is 13.2. The molecule has 1 N–H and O–H groups in total. The quantitative estimate of drug-likeness (QED) is 0.661. The number of aliphatic hydroxyl groups is 1. The van der Waals surface area contributed by atoms with Crippen LogP contribution in [0.1, 0.15) is 28.8 Å². The first-order valence-electron chi connectivity index (χ1n) is 9.93. The molecule has 1 aliphatic rings. The monoisotopic (exact) mass is 466 g/mol. The van der Waals surface area contributed by atoms with Gasteiger partial charge in [0, 0.05) is 12.4 Å². The Hall–Kier alpha value is -3.59. The molecule has 2 aromatic rings. The number of aromatic nitrogens is 2. The molecule has 2 atom stereocenters. The molecule has 0 bridgehead atoms. The van der Waals surface area contributed by atoms with Gasteiger partial charge in [0.05, 0.1) is 26.3 Å². The van der Waals surface area contributed by atoms with E-state index in [0.717, 1.165) is 0 Å². The second-order valence-electron chi connectivity index (χ2n) is 7.18. The maximum atomic E-state index is 13.2. The number of piperidine rings is 1. The van der Waals surface area contributed by atoms with Gasteiger partial charge in [-0.2, -0.15) is 18.4 Å². The number of hydrogen-bond acceptors (Lipinski definition) is 8. The number of aliphatic hydroxyl groups excluding tert-OH is 1. The number of carbonyl (C=O) groups is 1. The molecule has 12 heteroatoms. The largest absolute Gasteiger partial charge is 0.490 e. The van der Waals surface area contributed by atoms with Crippen molar-refractivity contribution in [2.75, 3.05) is 26.9 Å². The fourth-order valence-corrected chi connectivity index (χ4v) is 3.46. The van der Waals surface area contributed by atoms with Crippen LogP contribution >= 0.6 is 0 Å². The molecular formula is C21H21F3N4O5. The molecule has 0 saturated carbocycles. The summed E-state index contributed by atoms with van der Waals surface area (Å²) in [5, 5.41) is 19.0. The smallest absolute Gasteiger partial charge is 0.422 e. The lowest BCUT2D eigenvalue weighted by atomic mass is 9.99. The van der Waals surface area contributed by atoms with E-state index in [1.54, 1.807) is 0 Å². The first kappa shape index (κ1) is 24.1. The lowest BCUT2D eigenvalue weighted by Gasteiger charge is -2.38. The van der Waals surface area contributed by atoms with Crippen molar-refractivity contribution in [2.45, 2.75) is 31.2 Å². The van der Waals surface area contributed by atoms with Crippen LogP contribution in [-0.2, 0) is 0 Å². The molecule has 0 radical (unpaired) electrons. The highest BCUT2D eigenvalue weighted by atomic mass is 19.4. The van der Waals surface area contributed by atoms with Crippen LogP contribution in [0.3, 0.4) is 0 Å². The molecule has 1 fully saturated rings. The Morgan fingerprint density at radius 2 is 2.03 bits per heavy atom. The number of ether oxygens (including phenoxy) is 3. The van der Waals surface area contributed by atoms with Gasteiger partial charge < -0.3 is 24.2 Å². The van der Waals surface area contributed by atoms with E-state index in [2.05, 4.69) is 9.97 Å². The van der Waals surface area contributed by atoms with Crippen LogP contribution in [0, 0.1) is 11.3 Å². The van der Waals surface area contributed by atoms with Gasteiger partial charge in [0.15, 0.2) is 12.4 Å². The van der Waals surface area contributed by atoms with Gasteiger partial charge in [-0.05, 0) is 31.0 Å².